The summed E-state index contributed by atoms with van der Waals surface area (Å²) in [7, 11) is -3.13. The van der Waals surface area contributed by atoms with Crippen LogP contribution in [0.25, 0.3) is 0 Å². The maximum absolute atomic E-state index is 12.8. The smallest absolute Gasteiger partial charge is 0.322 e. The summed E-state index contributed by atoms with van der Waals surface area (Å²) >= 11 is 1.58. The second-order valence-corrected chi connectivity index (χ2v) is 11.5. The van der Waals surface area contributed by atoms with Crippen LogP contribution in [0, 0.1) is 0 Å². The zero-order valence-electron chi connectivity index (χ0n) is 15.1. The van der Waals surface area contributed by atoms with Crippen molar-refractivity contribution in [1.82, 2.24) is 9.88 Å². The normalized spacial score (nSPS) is 24.7. The highest BCUT2D eigenvalue weighted by Crippen LogP contribution is 2.39. The highest BCUT2D eigenvalue weighted by atomic mass is 32.2. The number of carbonyl (C=O) groups is 1. The molecule has 2 amide bonds. The number of nitrogens with one attached hydrogen (secondary N) is 1. The number of rotatable bonds is 1. The van der Waals surface area contributed by atoms with Gasteiger partial charge in [-0.2, -0.15) is 0 Å². The maximum Gasteiger partial charge on any atom is 0.323 e. The van der Waals surface area contributed by atoms with Gasteiger partial charge in [0.05, 0.1) is 16.2 Å². The predicted molar refractivity (Wildman–Crippen MR) is 104 cm³/mol. The summed E-state index contributed by atoms with van der Waals surface area (Å²) in [6.45, 7) is 0.604. The van der Waals surface area contributed by atoms with Gasteiger partial charge < -0.3 is 4.90 Å². The Labute approximate surface area is 159 Å². The molecule has 1 saturated heterocycles. The van der Waals surface area contributed by atoms with Crippen molar-refractivity contribution in [2.75, 3.05) is 24.2 Å². The molecule has 4 rings (SSSR count). The van der Waals surface area contributed by atoms with E-state index in [2.05, 4.69) is 10.3 Å². The highest BCUT2D eigenvalue weighted by Gasteiger charge is 2.49. The Kier molecular flexibility index (Phi) is 4.98. The van der Waals surface area contributed by atoms with Crippen LogP contribution < -0.4 is 5.32 Å². The number of hydrogen-bond donors (Lipinski definition) is 1. The number of carbonyl (C=O) groups excluding carboxylic acids is 1. The second kappa shape index (κ2) is 7.11. The lowest BCUT2D eigenvalue weighted by molar-refractivity contribution is 0.193. The Balaban J connectivity index is 1.47. The molecule has 0 radical (unpaired) electrons. The Bertz CT molecular complexity index is 758. The molecule has 2 aliphatic carbocycles. The number of aryl methyl sites for hydroxylation is 2. The molecule has 0 aromatic carbocycles. The van der Waals surface area contributed by atoms with Gasteiger partial charge in [-0.05, 0) is 38.5 Å². The van der Waals surface area contributed by atoms with Crippen molar-refractivity contribution < 1.29 is 13.2 Å². The van der Waals surface area contributed by atoms with Crippen molar-refractivity contribution in [3.63, 3.8) is 0 Å². The van der Waals surface area contributed by atoms with E-state index in [1.165, 1.54) is 17.7 Å². The van der Waals surface area contributed by atoms with Gasteiger partial charge in [0.1, 0.15) is 0 Å². The number of thiazole rings is 1. The molecule has 26 heavy (non-hydrogen) atoms. The first-order valence-electron chi connectivity index (χ1n) is 9.76. The highest BCUT2D eigenvalue weighted by molar-refractivity contribution is 7.92. The Morgan fingerprint density at radius 3 is 2.62 bits per heavy atom. The summed E-state index contributed by atoms with van der Waals surface area (Å²) in [4.78, 5) is 20.4. The summed E-state index contributed by atoms with van der Waals surface area (Å²) in [5.41, 5.74) is 1.13. The molecule has 0 atom stereocenters. The summed E-state index contributed by atoms with van der Waals surface area (Å²) in [5, 5.41) is 3.60. The largest absolute Gasteiger partial charge is 0.323 e. The zero-order valence-corrected chi connectivity index (χ0v) is 16.8. The predicted octanol–water partition coefficient (Wildman–Crippen LogP) is 3.38. The lowest BCUT2D eigenvalue weighted by atomic mass is 9.87. The number of aromatic nitrogens is 1. The van der Waals surface area contributed by atoms with Crippen molar-refractivity contribution in [3.8, 4) is 0 Å². The van der Waals surface area contributed by atoms with Gasteiger partial charge in [-0.15, -0.1) is 11.3 Å². The van der Waals surface area contributed by atoms with Crippen LogP contribution in [0.15, 0.2) is 0 Å². The van der Waals surface area contributed by atoms with Crippen LogP contribution in [0.4, 0.5) is 9.93 Å². The van der Waals surface area contributed by atoms with E-state index in [1.54, 1.807) is 16.2 Å². The lowest BCUT2D eigenvalue weighted by Crippen LogP contribution is -2.59. The molecule has 1 spiro atoms. The van der Waals surface area contributed by atoms with E-state index in [1.807, 2.05) is 0 Å². The molecular formula is C18H27N3O3S2. The quantitative estimate of drug-likeness (QED) is 0.737. The maximum atomic E-state index is 12.8. The van der Waals surface area contributed by atoms with Crippen LogP contribution in [-0.2, 0) is 22.7 Å². The molecule has 1 aromatic rings. The Morgan fingerprint density at radius 2 is 1.81 bits per heavy atom. The fraction of sp³-hybridized carbons (Fsp3) is 0.778. The van der Waals surface area contributed by atoms with Crippen molar-refractivity contribution in [2.45, 2.75) is 69.0 Å². The van der Waals surface area contributed by atoms with Crippen LogP contribution >= 0.6 is 11.3 Å². The molecule has 2 heterocycles. The number of amides is 2. The molecule has 0 unspecified atom stereocenters. The summed E-state index contributed by atoms with van der Waals surface area (Å²) in [5.74, 6) is 0.0782. The SMILES string of the molecule is O=C(Nc1nc2c(s1)CCCCC2)N1CCS(=O)(=O)C2(CCCCC2)C1. The minimum atomic E-state index is -3.13. The first kappa shape index (κ1) is 18.2. The van der Waals surface area contributed by atoms with E-state index < -0.39 is 14.6 Å². The summed E-state index contributed by atoms with van der Waals surface area (Å²) in [6, 6.07) is -0.200. The molecule has 1 N–H and O–H groups in total. The first-order chi connectivity index (χ1) is 12.5. The van der Waals surface area contributed by atoms with Crippen molar-refractivity contribution in [1.29, 1.82) is 0 Å². The zero-order chi connectivity index (χ0) is 18.2. The topological polar surface area (TPSA) is 79.4 Å². The third-order valence-electron chi connectivity index (χ3n) is 6.13. The van der Waals surface area contributed by atoms with E-state index in [0.717, 1.165) is 44.2 Å². The summed E-state index contributed by atoms with van der Waals surface area (Å²) in [6.07, 6.45) is 9.98. The van der Waals surface area contributed by atoms with Crippen LogP contribution in [0.2, 0.25) is 0 Å². The Morgan fingerprint density at radius 1 is 1.08 bits per heavy atom. The standard InChI is InChI=1S/C18H27N3O3S2/c22-17(20-16-19-14-7-3-1-4-8-15(14)25-16)21-11-12-26(23,24)18(13-21)9-5-2-6-10-18/h1-13H2,(H,19,20,22). The fourth-order valence-electron chi connectivity index (χ4n) is 4.56. The number of hydrogen-bond acceptors (Lipinski definition) is 5. The number of sulfone groups is 1. The third-order valence-corrected chi connectivity index (χ3v) is 9.78. The van der Waals surface area contributed by atoms with Gasteiger partial charge in [-0.1, -0.05) is 25.7 Å². The van der Waals surface area contributed by atoms with Crippen LogP contribution in [0.1, 0.15) is 61.9 Å². The number of nitrogens with zero attached hydrogens (tertiary/aromatic N) is 2. The number of urea groups is 1. The van der Waals surface area contributed by atoms with Gasteiger partial charge in [0.2, 0.25) is 0 Å². The van der Waals surface area contributed by atoms with Crippen LogP contribution in [0.5, 0.6) is 0 Å². The van der Waals surface area contributed by atoms with Crippen molar-refractivity contribution >= 4 is 32.3 Å². The molecule has 2 fully saturated rings. The van der Waals surface area contributed by atoms with E-state index in [4.69, 9.17) is 0 Å². The second-order valence-electron chi connectivity index (χ2n) is 7.86. The van der Waals surface area contributed by atoms with E-state index in [9.17, 15) is 13.2 Å². The van der Waals surface area contributed by atoms with Gasteiger partial charge in [-0.25, -0.2) is 18.2 Å². The molecule has 3 aliphatic rings. The minimum absolute atomic E-state index is 0.0782. The van der Waals surface area contributed by atoms with Crippen LogP contribution in [-0.4, -0.2) is 47.9 Å². The molecule has 1 saturated carbocycles. The average molecular weight is 398 g/mol. The van der Waals surface area contributed by atoms with Crippen molar-refractivity contribution in [3.05, 3.63) is 10.6 Å². The molecule has 6 nitrogen and oxygen atoms in total. The van der Waals surface area contributed by atoms with Crippen LogP contribution in [0.3, 0.4) is 0 Å². The lowest BCUT2D eigenvalue weighted by Gasteiger charge is -2.44. The minimum Gasteiger partial charge on any atom is -0.322 e. The fourth-order valence-corrected chi connectivity index (χ4v) is 7.76. The van der Waals surface area contributed by atoms with Gasteiger partial charge in [-0.3, -0.25) is 5.32 Å². The molecule has 144 valence electrons. The van der Waals surface area contributed by atoms with Gasteiger partial charge in [0.15, 0.2) is 15.0 Å². The molecular weight excluding hydrogens is 370 g/mol. The van der Waals surface area contributed by atoms with Gasteiger partial charge in [0, 0.05) is 18.0 Å². The number of anilines is 1. The van der Waals surface area contributed by atoms with E-state index in [-0.39, 0.29) is 18.3 Å². The number of fused-ring (bicyclic) bond motifs is 1. The Hall–Kier alpha value is -1.15. The monoisotopic (exact) mass is 397 g/mol. The van der Waals surface area contributed by atoms with Gasteiger partial charge in [0.25, 0.3) is 0 Å². The van der Waals surface area contributed by atoms with Gasteiger partial charge >= 0.3 is 6.03 Å². The van der Waals surface area contributed by atoms with E-state index in [0.29, 0.717) is 24.5 Å². The summed E-state index contributed by atoms with van der Waals surface area (Å²) < 4.78 is 24.6. The molecule has 1 aliphatic heterocycles. The molecule has 8 heteroatoms. The molecule has 1 aromatic heterocycles. The average Bonchev–Trinajstić information content (AvgIpc) is 2.86. The van der Waals surface area contributed by atoms with Crippen molar-refractivity contribution in [2.24, 2.45) is 0 Å². The van der Waals surface area contributed by atoms with E-state index >= 15 is 0 Å². The molecule has 0 bridgehead atoms. The third kappa shape index (κ3) is 3.38. The first-order valence-corrected chi connectivity index (χ1v) is 12.2.